The van der Waals surface area contributed by atoms with Crippen LogP contribution >= 0.6 is 34.8 Å². The molecule has 0 spiro atoms. The summed E-state index contributed by atoms with van der Waals surface area (Å²) in [6, 6.07) is 16.4. The number of aromatic nitrogens is 1. The number of ether oxygens (including phenoxy) is 4. The summed E-state index contributed by atoms with van der Waals surface area (Å²) in [5.41, 5.74) is 2.55. The molecular formula is C37H38Cl3N3O8. The number of carbonyl (C=O) groups is 2. The highest BCUT2D eigenvalue weighted by atomic mass is 35.5. The highest BCUT2D eigenvalue weighted by molar-refractivity contribution is 6.35. The lowest BCUT2D eigenvalue weighted by Crippen LogP contribution is -2.53. The van der Waals surface area contributed by atoms with Gasteiger partial charge in [-0.25, -0.2) is 14.6 Å². The Balaban J connectivity index is 0.00000504. The van der Waals surface area contributed by atoms with Crippen LogP contribution in [0.5, 0.6) is 17.2 Å². The van der Waals surface area contributed by atoms with E-state index < -0.39 is 18.2 Å². The van der Waals surface area contributed by atoms with Crippen molar-refractivity contribution in [3.05, 3.63) is 110 Å². The minimum absolute atomic E-state index is 0. The van der Waals surface area contributed by atoms with Gasteiger partial charge < -0.3 is 29.5 Å². The number of esters is 1. The van der Waals surface area contributed by atoms with Gasteiger partial charge in [0.25, 0.3) is 0 Å². The van der Waals surface area contributed by atoms with Gasteiger partial charge in [0, 0.05) is 24.6 Å². The van der Waals surface area contributed by atoms with Gasteiger partial charge >= 0.3 is 12.1 Å². The third-order valence-corrected chi connectivity index (χ3v) is 10.2. The second-order valence-corrected chi connectivity index (χ2v) is 13.5. The molecule has 1 amide bonds. The van der Waals surface area contributed by atoms with Crippen molar-refractivity contribution in [2.75, 3.05) is 38.8 Å². The van der Waals surface area contributed by atoms with Crippen molar-refractivity contribution in [1.29, 1.82) is 0 Å². The number of carbonyl (C=O) groups excluding carboxylic acids is 2. The Labute approximate surface area is 310 Å². The van der Waals surface area contributed by atoms with Gasteiger partial charge in [-0.1, -0.05) is 53.0 Å². The molecule has 14 heteroatoms. The van der Waals surface area contributed by atoms with Crippen molar-refractivity contribution in [3.63, 3.8) is 0 Å². The summed E-state index contributed by atoms with van der Waals surface area (Å²) in [5.74, 6) is 0.684. The fourth-order valence-corrected chi connectivity index (χ4v) is 7.21. The number of pyridine rings is 1. The number of rotatable bonds is 11. The third kappa shape index (κ3) is 8.80. The molecule has 1 aromatic heterocycles. The Hall–Kier alpha value is -4.26. The minimum atomic E-state index is -0.788. The van der Waals surface area contributed by atoms with E-state index in [0.29, 0.717) is 56.4 Å². The maximum Gasteiger partial charge on any atom is 0.414 e. The molecule has 4 aromatic rings. The molecule has 2 bridgehead atoms. The number of aromatic hydroxyl groups is 1. The Morgan fingerprint density at radius 2 is 1.61 bits per heavy atom. The van der Waals surface area contributed by atoms with Gasteiger partial charge in [-0.05, 0) is 79.4 Å². The summed E-state index contributed by atoms with van der Waals surface area (Å²) in [4.78, 5) is 33.9. The number of anilines is 1. The van der Waals surface area contributed by atoms with E-state index in [4.69, 9.17) is 53.8 Å². The lowest BCUT2D eigenvalue weighted by molar-refractivity contribution is -0.377. The largest absolute Gasteiger partial charge is 0.870 e. The zero-order valence-electron chi connectivity index (χ0n) is 28.0. The molecule has 7 rings (SSSR count). The van der Waals surface area contributed by atoms with E-state index in [-0.39, 0.29) is 40.9 Å². The minimum Gasteiger partial charge on any atom is -0.870 e. The van der Waals surface area contributed by atoms with E-state index in [1.807, 2.05) is 0 Å². The molecule has 3 saturated heterocycles. The lowest BCUT2D eigenvalue weighted by Gasteiger charge is -2.44. The predicted molar refractivity (Wildman–Crippen MR) is 192 cm³/mol. The van der Waals surface area contributed by atoms with E-state index in [2.05, 4.69) is 9.88 Å². The van der Waals surface area contributed by atoms with E-state index in [0.717, 1.165) is 25.9 Å². The van der Waals surface area contributed by atoms with Crippen molar-refractivity contribution in [3.8, 4) is 17.2 Å². The molecule has 0 aliphatic carbocycles. The predicted octanol–water partition coefficient (Wildman–Crippen LogP) is 7.39. The van der Waals surface area contributed by atoms with Gasteiger partial charge in [0.2, 0.25) is 0 Å². The average molecular weight is 759 g/mol. The summed E-state index contributed by atoms with van der Waals surface area (Å²) in [6.07, 6.45) is 3.80. The molecule has 4 heterocycles. The molecule has 2 atom stereocenters. The van der Waals surface area contributed by atoms with Crippen molar-refractivity contribution >= 4 is 52.6 Å². The summed E-state index contributed by atoms with van der Waals surface area (Å²) >= 11 is 19.5. The van der Waals surface area contributed by atoms with Crippen LogP contribution in [-0.4, -0.2) is 67.5 Å². The molecule has 0 unspecified atom stereocenters. The van der Waals surface area contributed by atoms with Crippen LogP contribution in [0, 0.1) is 5.92 Å². The number of nitrogens with zero attached hydrogens (tertiary/aromatic N) is 2. The molecule has 3 N–H and O–H groups in total. The molecule has 3 fully saturated rings. The Morgan fingerprint density at radius 1 is 0.922 bits per heavy atom. The zero-order valence-corrected chi connectivity index (χ0v) is 30.3. The molecule has 51 heavy (non-hydrogen) atoms. The van der Waals surface area contributed by atoms with Crippen LogP contribution in [-0.2, 0) is 22.4 Å². The number of aromatic amines is 1. The first-order chi connectivity index (χ1) is 24.1. The van der Waals surface area contributed by atoms with Crippen LogP contribution in [0.2, 0.25) is 15.1 Å². The second-order valence-electron chi connectivity index (χ2n) is 12.3. The molecule has 0 radical (unpaired) electrons. The average Bonchev–Trinajstić information content (AvgIpc) is 3.13. The van der Waals surface area contributed by atoms with Crippen LogP contribution in [0.25, 0.3) is 0 Å². The number of piperidine rings is 3. The maximum absolute atomic E-state index is 13.7. The van der Waals surface area contributed by atoms with Gasteiger partial charge in [0.1, 0.15) is 28.0 Å². The van der Waals surface area contributed by atoms with E-state index in [1.165, 1.54) is 37.3 Å². The number of hydrogen-bond donors (Lipinski definition) is 1. The Bertz CT molecular complexity index is 1830. The van der Waals surface area contributed by atoms with Crippen LogP contribution in [0.1, 0.15) is 46.0 Å². The summed E-state index contributed by atoms with van der Waals surface area (Å²) in [5, 5.41) is 11.3. The van der Waals surface area contributed by atoms with Crippen LogP contribution in [0.3, 0.4) is 0 Å². The van der Waals surface area contributed by atoms with Gasteiger partial charge in [-0.15, -0.1) is 0 Å². The Morgan fingerprint density at radius 3 is 2.24 bits per heavy atom. The normalized spacial score (nSPS) is 18.3. The maximum atomic E-state index is 13.7. The van der Waals surface area contributed by atoms with Gasteiger partial charge in [-0.3, -0.25) is 9.80 Å². The fraction of sp³-hybridized carbons (Fsp3) is 0.324. The molecule has 3 aliphatic rings. The lowest BCUT2D eigenvalue weighted by atomic mass is 9.86. The first-order valence-corrected chi connectivity index (χ1v) is 17.3. The summed E-state index contributed by atoms with van der Waals surface area (Å²) in [6.45, 7) is 2.79. The highest BCUT2D eigenvalue weighted by Crippen LogP contribution is 2.37. The number of phenols is 1. The quantitative estimate of drug-likeness (QED) is 0.155. The SMILES string of the molecule is COc1ccc([C@H](Cc2c(Cl)c[nH+]cc2Cl)OC(=O)c2ccc(CN(C(=O)O[C@H]3CN4CCC3CC4)c3cc(O)ccc3Cl)cc2)cc1OC.[OH-]. The standard InChI is InChI=1S/C37H36Cl3N3O7.H2O/c1-47-32-10-7-25(15-34(32)48-2)33(17-27-29(39)18-41-19-30(27)40)49-36(45)24-5-3-22(4-6-24)20-43(31-16-26(44)8-9-28(31)38)37(46)50-35-21-42-13-11-23(35)12-14-42;/h3-10,15-16,18-19,23,33,35,44H,11-14,17,20-21H2,1-2H3;1H2/t33-,35-;/m0./s1. The molecule has 0 saturated carbocycles. The van der Waals surface area contributed by atoms with E-state index in [9.17, 15) is 14.7 Å². The third-order valence-electron chi connectivity index (χ3n) is 9.23. The van der Waals surface area contributed by atoms with Crippen molar-refractivity contribution in [1.82, 2.24) is 4.90 Å². The topological polar surface area (TPSA) is 142 Å². The number of halogens is 3. The van der Waals surface area contributed by atoms with Gasteiger partial charge in [0.15, 0.2) is 23.9 Å². The first kappa shape index (κ1) is 38.0. The van der Waals surface area contributed by atoms with Gasteiger partial charge in [0.05, 0.1) is 37.0 Å². The molecular weight excluding hydrogens is 721 g/mol. The Kier molecular flexibility index (Phi) is 12.5. The highest BCUT2D eigenvalue weighted by Gasteiger charge is 2.38. The molecule has 270 valence electrons. The van der Waals surface area contributed by atoms with Crippen LogP contribution < -0.4 is 19.4 Å². The van der Waals surface area contributed by atoms with Crippen molar-refractivity contribution in [2.24, 2.45) is 5.92 Å². The molecule has 3 aliphatic heterocycles. The number of amides is 1. The summed E-state index contributed by atoms with van der Waals surface area (Å²) in [7, 11) is 3.07. The number of hydrogen-bond acceptors (Lipinski definition) is 9. The number of H-pyrrole nitrogens is 1. The van der Waals surface area contributed by atoms with Crippen LogP contribution in [0.15, 0.2) is 73.1 Å². The molecule has 3 aromatic carbocycles. The second kappa shape index (κ2) is 16.8. The first-order valence-electron chi connectivity index (χ1n) is 16.2. The summed E-state index contributed by atoms with van der Waals surface area (Å²) < 4.78 is 23.0. The van der Waals surface area contributed by atoms with Crippen molar-refractivity contribution < 1.29 is 44.1 Å². The molecule has 11 nitrogen and oxygen atoms in total. The number of nitrogens with one attached hydrogen (secondary N) is 1. The smallest absolute Gasteiger partial charge is 0.414 e. The number of fused-ring (bicyclic) bond motifs is 3. The van der Waals surface area contributed by atoms with Crippen molar-refractivity contribution in [2.45, 2.75) is 38.0 Å². The van der Waals surface area contributed by atoms with Gasteiger partial charge in [-0.2, -0.15) is 0 Å². The number of phenolic OH excluding ortho intramolecular Hbond substituents is 1. The van der Waals surface area contributed by atoms with E-state index in [1.54, 1.807) is 54.9 Å². The number of benzene rings is 3. The van der Waals surface area contributed by atoms with E-state index >= 15 is 0 Å². The monoisotopic (exact) mass is 757 g/mol. The zero-order chi connectivity index (χ0) is 35.4. The number of methoxy groups -OCH3 is 2. The van der Waals surface area contributed by atoms with Crippen LogP contribution in [0.4, 0.5) is 10.5 Å². The fourth-order valence-electron chi connectivity index (χ4n) is 6.46.